The summed E-state index contributed by atoms with van der Waals surface area (Å²) in [6, 6.07) is 6.40. The topological polar surface area (TPSA) is 73.4 Å². The summed E-state index contributed by atoms with van der Waals surface area (Å²) in [5, 5.41) is 7.50. The molecule has 2 N–H and O–H groups in total. The third-order valence-corrected chi connectivity index (χ3v) is 4.00. The fourth-order valence-electron chi connectivity index (χ4n) is 2.23. The molecule has 0 bridgehead atoms. The second-order valence-electron chi connectivity index (χ2n) is 5.03. The number of halogens is 1. The van der Waals surface area contributed by atoms with Crippen LogP contribution in [0.1, 0.15) is 16.3 Å². The first kappa shape index (κ1) is 15.4. The first-order valence-corrected chi connectivity index (χ1v) is 7.88. The number of pyridine rings is 1. The van der Waals surface area contributed by atoms with E-state index in [2.05, 4.69) is 15.1 Å². The first-order chi connectivity index (χ1) is 11.1. The molecule has 0 unspecified atom stereocenters. The molecule has 1 aromatic carbocycles. The normalized spacial score (nSPS) is 11.8. The second kappa shape index (κ2) is 6.70. The Balaban J connectivity index is 1.69. The van der Waals surface area contributed by atoms with Gasteiger partial charge in [0.25, 0.3) is 0 Å². The molecule has 0 aliphatic rings. The third kappa shape index (κ3) is 3.81. The van der Waals surface area contributed by atoms with Gasteiger partial charge in [0.2, 0.25) is 0 Å². The van der Waals surface area contributed by atoms with Crippen LogP contribution in [-0.2, 0) is 17.9 Å². The molecule has 0 amide bonds. The lowest BCUT2D eigenvalue weighted by molar-refractivity contribution is 0.130. The van der Waals surface area contributed by atoms with E-state index in [1.54, 1.807) is 29.7 Å². The highest BCUT2D eigenvalue weighted by Gasteiger charge is 2.06. The minimum atomic E-state index is -0.334. The zero-order valence-corrected chi connectivity index (χ0v) is 13.3. The number of aromatic nitrogens is 2. The average molecular weight is 330 g/mol. The van der Waals surface area contributed by atoms with E-state index in [0.717, 1.165) is 16.1 Å². The number of benzene rings is 1. The number of amidine groups is 1. The lowest BCUT2D eigenvalue weighted by atomic mass is 10.1. The third-order valence-electron chi connectivity index (χ3n) is 3.18. The van der Waals surface area contributed by atoms with E-state index >= 15 is 0 Å². The highest BCUT2D eigenvalue weighted by Crippen LogP contribution is 2.19. The van der Waals surface area contributed by atoms with E-state index in [0.29, 0.717) is 23.3 Å². The van der Waals surface area contributed by atoms with Gasteiger partial charge in [0.1, 0.15) is 18.3 Å². The quantitative estimate of drug-likeness (QED) is 0.443. The molecule has 0 saturated carbocycles. The maximum atomic E-state index is 13.6. The summed E-state index contributed by atoms with van der Waals surface area (Å²) in [5.41, 5.74) is 8.00. The van der Waals surface area contributed by atoms with Crippen LogP contribution >= 0.6 is 11.3 Å². The van der Waals surface area contributed by atoms with Crippen LogP contribution in [0.15, 0.2) is 41.0 Å². The van der Waals surface area contributed by atoms with Gasteiger partial charge in [-0.25, -0.2) is 9.37 Å². The zero-order valence-electron chi connectivity index (χ0n) is 12.5. The molecule has 7 heteroatoms. The average Bonchev–Trinajstić information content (AvgIpc) is 2.92. The van der Waals surface area contributed by atoms with Crippen LogP contribution in [0, 0.1) is 12.7 Å². The summed E-state index contributed by atoms with van der Waals surface area (Å²) in [4.78, 5) is 13.8. The zero-order chi connectivity index (χ0) is 16.2. The molecule has 2 aromatic heterocycles. The van der Waals surface area contributed by atoms with Crippen molar-refractivity contribution in [3.05, 3.63) is 57.9 Å². The summed E-state index contributed by atoms with van der Waals surface area (Å²) in [5.74, 6) is -0.0111. The summed E-state index contributed by atoms with van der Waals surface area (Å²) in [6.07, 6.45) is 2.08. The Kier molecular flexibility index (Phi) is 4.47. The molecule has 0 aliphatic carbocycles. The molecular formula is C16H15FN4OS. The first-order valence-electron chi connectivity index (χ1n) is 7.00. The maximum absolute atomic E-state index is 13.6. The van der Waals surface area contributed by atoms with Gasteiger partial charge in [-0.2, -0.15) is 0 Å². The smallest absolute Gasteiger partial charge is 0.145 e. The van der Waals surface area contributed by atoms with Crippen molar-refractivity contribution >= 4 is 28.1 Å². The highest BCUT2D eigenvalue weighted by atomic mass is 32.1. The van der Waals surface area contributed by atoms with Crippen molar-refractivity contribution in [2.45, 2.75) is 20.0 Å². The number of oxime groups is 1. The summed E-state index contributed by atoms with van der Waals surface area (Å²) in [7, 11) is 0. The van der Waals surface area contributed by atoms with Gasteiger partial charge in [0.15, 0.2) is 0 Å². The molecule has 23 heavy (non-hydrogen) atoms. The standard InChI is InChI=1S/C16H15FN4OS/c1-10-20-14(9-23-10)7-15(18)21-22-8-12-6-13(17)5-11-3-2-4-19-16(11)12/h2-6,9H,7-8H2,1H3,(H2,18,21). The number of rotatable bonds is 5. The van der Waals surface area contributed by atoms with Gasteiger partial charge in [0.05, 0.1) is 22.6 Å². The van der Waals surface area contributed by atoms with E-state index in [-0.39, 0.29) is 12.4 Å². The highest BCUT2D eigenvalue weighted by molar-refractivity contribution is 7.09. The van der Waals surface area contributed by atoms with Crippen LogP contribution in [0.25, 0.3) is 10.9 Å². The minimum Gasteiger partial charge on any atom is -0.389 e. The molecule has 118 valence electrons. The molecule has 3 rings (SSSR count). The number of nitrogens with two attached hydrogens (primary N) is 1. The van der Waals surface area contributed by atoms with Gasteiger partial charge in [-0.1, -0.05) is 11.2 Å². The second-order valence-corrected chi connectivity index (χ2v) is 6.09. The lowest BCUT2D eigenvalue weighted by Crippen LogP contribution is -2.15. The molecular weight excluding hydrogens is 315 g/mol. The Morgan fingerprint density at radius 3 is 3.09 bits per heavy atom. The van der Waals surface area contributed by atoms with Crippen LogP contribution in [0.4, 0.5) is 4.39 Å². The van der Waals surface area contributed by atoms with Crippen LogP contribution < -0.4 is 5.73 Å². The van der Waals surface area contributed by atoms with Gasteiger partial charge in [-0.15, -0.1) is 11.3 Å². The Morgan fingerprint density at radius 1 is 1.43 bits per heavy atom. The number of hydrogen-bond donors (Lipinski definition) is 1. The van der Waals surface area contributed by atoms with Crippen molar-refractivity contribution in [3.63, 3.8) is 0 Å². The monoisotopic (exact) mass is 330 g/mol. The number of fused-ring (bicyclic) bond motifs is 1. The number of nitrogens with zero attached hydrogens (tertiary/aromatic N) is 3. The van der Waals surface area contributed by atoms with E-state index in [1.165, 1.54) is 12.1 Å². The predicted octanol–water partition coefficient (Wildman–Crippen LogP) is 3.17. The van der Waals surface area contributed by atoms with Gasteiger partial charge < -0.3 is 10.6 Å². The minimum absolute atomic E-state index is 0.0993. The Hall–Kier alpha value is -2.54. The molecule has 0 saturated heterocycles. The van der Waals surface area contributed by atoms with Gasteiger partial charge in [-0.05, 0) is 25.1 Å². The fraction of sp³-hybridized carbons (Fsp3) is 0.188. The fourth-order valence-corrected chi connectivity index (χ4v) is 2.84. The van der Waals surface area contributed by atoms with Crippen LogP contribution in [0.2, 0.25) is 0 Å². The molecule has 0 aliphatic heterocycles. The van der Waals surface area contributed by atoms with E-state index in [1.807, 2.05) is 12.3 Å². The van der Waals surface area contributed by atoms with E-state index in [9.17, 15) is 4.39 Å². The molecule has 0 fully saturated rings. The largest absolute Gasteiger partial charge is 0.389 e. The number of hydrogen-bond acceptors (Lipinski definition) is 5. The summed E-state index contributed by atoms with van der Waals surface area (Å²) < 4.78 is 13.6. The predicted molar refractivity (Wildman–Crippen MR) is 88.7 cm³/mol. The van der Waals surface area contributed by atoms with Crippen molar-refractivity contribution in [1.82, 2.24) is 9.97 Å². The molecule has 2 heterocycles. The van der Waals surface area contributed by atoms with Crippen molar-refractivity contribution in [2.75, 3.05) is 0 Å². The summed E-state index contributed by atoms with van der Waals surface area (Å²) >= 11 is 1.56. The maximum Gasteiger partial charge on any atom is 0.145 e. The molecule has 0 atom stereocenters. The van der Waals surface area contributed by atoms with Crippen molar-refractivity contribution in [1.29, 1.82) is 0 Å². The SMILES string of the molecule is Cc1nc(C/C(N)=N/OCc2cc(F)cc3cccnc23)cs1. The van der Waals surface area contributed by atoms with E-state index < -0.39 is 0 Å². The van der Waals surface area contributed by atoms with Crippen LogP contribution in [0.3, 0.4) is 0 Å². The number of aryl methyl sites for hydroxylation is 1. The van der Waals surface area contributed by atoms with Gasteiger partial charge in [0, 0.05) is 22.5 Å². The van der Waals surface area contributed by atoms with Crippen molar-refractivity contribution in [2.24, 2.45) is 10.9 Å². The van der Waals surface area contributed by atoms with Crippen molar-refractivity contribution < 1.29 is 9.23 Å². The van der Waals surface area contributed by atoms with Crippen molar-refractivity contribution in [3.8, 4) is 0 Å². The molecule has 5 nitrogen and oxygen atoms in total. The number of thiazole rings is 1. The molecule has 3 aromatic rings. The molecule has 0 spiro atoms. The van der Waals surface area contributed by atoms with Gasteiger partial charge in [-0.3, -0.25) is 4.98 Å². The molecule has 0 radical (unpaired) electrons. The Labute approximate surface area is 136 Å². The van der Waals surface area contributed by atoms with E-state index in [4.69, 9.17) is 10.6 Å². The Bertz CT molecular complexity index is 862. The summed E-state index contributed by atoms with van der Waals surface area (Å²) in [6.45, 7) is 2.03. The van der Waals surface area contributed by atoms with Crippen LogP contribution in [-0.4, -0.2) is 15.8 Å². The lowest BCUT2D eigenvalue weighted by Gasteiger charge is -2.06. The van der Waals surface area contributed by atoms with Crippen LogP contribution in [0.5, 0.6) is 0 Å². The Morgan fingerprint density at radius 2 is 2.30 bits per heavy atom. The van der Waals surface area contributed by atoms with Gasteiger partial charge >= 0.3 is 0 Å².